The summed E-state index contributed by atoms with van der Waals surface area (Å²) in [5, 5.41) is 15.4. The highest BCUT2D eigenvalue weighted by Crippen LogP contribution is 2.31. The van der Waals surface area contributed by atoms with Gasteiger partial charge in [-0.15, -0.1) is 0 Å². The Morgan fingerprint density at radius 3 is 2.52 bits per heavy atom. The number of nitrogens with two attached hydrogens (primary N) is 1. The Kier molecular flexibility index (Phi) is 5.43. The number of rotatable bonds is 3. The zero-order valence-corrected chi connectivity index (χ0v) is 14.8. The molecule has 1 aromatic carbocycles. The first-order valence-electron chi connectivity index (χ1n) is 8.57. The third kappa shape index (κ3) is 4.03. The molecule has 3 atom stereocenters. The van der Waals surface area contributed by atoms with Gasteiger partial charge in [-0.2, -0.15) is 0 Å². The molecule has 3 N–H and O–H groups in total. The van der Waals surface area contributed by atoms with Crippen molar-refractivity contribution < 1.29 is 23.1 Å². The van der Waals surface area contributed by atoms with Gasteiger partial charge in [0.25, 0.3) is 5.91 Å². The topological polar surface area (TPSA) is 110 Å². The van der Waals surface area contributed by atoms with Crippen LogP contribution in [0, 0.1) is 5.92 Å². The van der Waals surface area contributed by atoms with E-state index in [1.165, 1.54) is 24.3 Å². The van der Waals surface area contributed by atoms with Gasteiger partial charge in [-0.1, -0.05) is 12.8 Å². The number of carbonyl (C=O) groups excluding carboxylic acids is 1. The van der Waals surface area contributed by atoms with Crippen LogP contribution in [-0.2, 0) is 14.8 Å². The molecule has 2 fully saturated rings. The number of aliphatic hydroxyl groups is 1. The Bertz CT molecular complexity index is 719. The molecule has 8 heteroatoms. The predicted octanol–water partition coefficient (Wildman–Crippen LogP) is 0.726. The van der Waals surface area contributed by atoms with Crippen molar-refractivity contribution in [2.75, 3.05) is 19.8 Å². The molecule has 0 spiro atoms. The molecular formula is C17H24N2O5S. The van der Waals surface area contributed by atoms with Crippen LogP contribution in [0.5, 0.6) is 0 Å². The van der Waals surface area contributed by atoms with Gasteiger partial charge in [0.05, 0.1) is 30.3 Å². The maximum absolute atomic E-state index is 12.9. The maximum atomic E-state index is 12.9. The molecule has 7 nitrogen and oxygen atoms in total. The van der Waals surface area contributed by atoms with Crippen LogP contribution in [0.1, 0.15) is 36.0 Å². The Morgan fingerprint density at radius 2 is 1.88 bits per heavy atom. The second kappa shape index (κ2) is 7.41. The molecule has 1 amide bonds. The van der Waals surface area contributed by atoms with Crippen LogP contribution >= 0.6 is 0 Å². The molecule has 0 radical (unpaired) electrons. The minimum Gasteiger partial charge on any atom is -0.393 e. The smallest absolute Gasteiger partial charge is 0.254 e. The van der Waals surface area contributed by atoms with Gasteiger partial charge >= 0.3 is 0 Å². The largest absolute Gasteiger partial charge is 0.393 e. The van der Waals surface area contributed by atoms with Crippen LogP contribution in [-0.4, -0.2) is 56.2 Å². The number of primary sulfonamides is 1. The van der Waals surface area contributed by atoms with E-state index in [4.69, 9.17) is 9.88 Å². The third-order valence-electron chi connectivity index (χ3n) is 5.13. The van der Waals surface area contributed by atoms with Crippen molar-refractivity contribution in [3.63, 3.8) is 0 Å². The number of morpholine rings is 1. The summed E-state index contributed by atoms with van der Waals surface area (Å²) in [4.78, 5) is 14.7. The molecule has 1 saturated heterocycles. The fourth-order valence-corrected chi connectivity index (χ4v) is 4.29. The summed E-state index contributed by atoms with van der Waals surface area (Å²) >= 11 is 0. The van der Waals surface area contributed by atoms with Crippen molar-refractivity contribution >= 4 is 15.9 Å². The van der Waals surface area contributed by atoms with Crippen molar-refractivity contribution in [3.05, 3.63) is 29.8 Å². The molecule has 25 heavy (non-hydrogen) atoms. The second-order valence-electron chi connectivity index (χ2n) is 6.73. The number of sulfonamides is 1. The van der Waals surface area contributed by atoms with E-state index in [2.05, 4.69) is 0 Å². The van der Waals surface area contributed by atoms with Gasteiger partial charge in [0.1, 0.15) is 0 Å². The number of amides is 1. The van der Waals surface area contributed by atoms with E-state index in [1.807, 2.05) is 0 Å². The Labute approximate surface area is 147 Å². The van der Waals surface area contributed by atoms with Gasteiger partial charge in [-0.25, -0.2) is 13.6 Å². The first-order chi connectivity index (χ1) is 11.9. The summed E-state index contributed by atoms with van der Waals surface area (Å²) in [5.74, 6) is -0.159. The summed E-state index contributed by atoms with van der Waals surface area (Å²) in [5.41, 5.74) is 0.407. The highest BCUT2D eigenvalue weighted by molar-refractivity contribution is 7.89. The standard InChI is InChI=1S/C17H24N2O5S/c18-25(22,23)13-7-5-12(6-8-13)17(21)19-9-10-24-11-15(19)14-3-1-2-4-16(14)20/h5-8,14-16,20H,1-4,9-11H2,(H2,18,22,23). The first-order valence-corrected chi connectivity index (χ1v) is 10.1. The molecule has 1 aromatic rings. The van der Waals surface area contributed by atoms with E-state index < -0.39 is 16.1 Å². The van der Waals surface area contributed by atoms with E-state index >= 15 is 0 Å². The van der Waals surface area contributed by atoms with Gasteiger partial charge in [-0.3, -0.25) is 4.79 Å². The number of carbonyl (C=O) groups is 1. The number of ether oxygens (including phenoxy) is 1. The summed E-state index contributed by atoms with van der Waals surface area (Å²) in [6, 6.07) is 5.48. The molecule has 138 valence electrons. The fraction of sp³-hybridized carbons (Fsp3) is 0.588. The van der Waals surface area contributed by atoms with Crippen LogP contribution in [0.15, 0.2) is 29.2 Å². The van der Waals surface area contributed by atoms with E-state index in [1.54, 1.807) is 4.90 Å². The maximum Gasteiger partial charge on any atom is 0.254 e. The lowest BCUT2D eigenvalue weighted by molar-refractivity contribution is -0.0562. The number of aliphatic hydroxyl groups excluding tert-OH is 1. The van der Waals surface area contributed by atoms with Crippen LogP contribution in [0.25, 0.3) is 0 Å². The SMILES string of the molecule is NS(=O)(=O)c1ccc(C(=O)N2CCOCC2C2CCCCC2O)cc1. The Morgan fingerprint density at radius 1 is 1.20 bits per heavy atom. The predicted molar refractivity (Wildman–Crippen MR) is 91.4 cm³/mol. The van der Waals surface area contributed by atoms with Crippen LogP contribution < -0.4 is 5.14 Å². The Balaban J connectivity index is 1.81. The fourth-order valence-electron chi connectivity index (χ4n) is 3.77. The average molecular weight is 368 g/mol. The van der Waals surface area contributed by atoms with Crippen LogP contribution in [0.4, 0.5) is 0 Å². The van der Waals surface area contributed by atoms with E-state index in [0.717, 1.165) is 25.7 Å². The normalized spacial score (nSPS) is 27.9. The van der Waals surface area contributed by atoms with E-state index in [0.29, 0.717) is 25.3 Å². The summed E-state index contributed by atoms with van der Waals surface area (Å²) in [6.07, 6.45) is 3.27. The molecule has 0 aromatic heterocycles. The van der Waals surface area contributed by atoms with Gasteiger partial charge in [-0.05, 0) is 37.1 Å². The average Bonchev–Trinajstić information content (AvgIpc) is 2.61. The van der Waals surface area contributed by atoms with Gasteiger partial charge < -0.3 is 14.7 Å². The van der Waals surface area contributed by atoms with Crippen molar-refractivity contribution in [1.82, 2.24) is 4.90 Å². The van der Waals surface area contributed by atoms with Gasteiger partial charge in [0.2, 0.25) is 10.0 Å². The summed E-state index contributed by atoms with van der Waals surface area (Å²) in [6.45, 7) is 1.34. The number of nitrogens with zero attached hydrogens (tertiary/aromatic N) is 1. The number of hydrogen-bond donors (Lipinski definition) is 2. The summed E-state index contributed by atoms with van der Waals surface area (Å²) in [7, 11) is -3.78. The third-order valence-corrected chi connectivity index (χ3v) is 6.06. The van der Waals surface area contributed by atoms with Crippen molar-refractivity contribution in [1.29, 1.82) is 0 Å². The molecule has 0 bridgehead atoms. The molecule has 1 heterocycles. The molecule has 1 saturated carbocycles. The van der Waals surface area contributed by atoms with Gasteiger partial charge in [0, 0.05) is 18.0 Å². The van der Waals surface area contributed by atoms with E-state index in [9.17, 15) is 18.3 Å². The lowest BCUT2D eigenvalue weighted by Gasteiger charge is -2.43. The molecule has 1 aliphatic heterocycles. The highest BCUT2D eigenvalue weighted by Gasteiger charge is 2.38. The Hall–Kier alpha value is -1.48. The minimum atomic E-state index is -3.78. The molecule has 1 aliphatic carbocycles. The number of benzene rings is 1. The van der Waals surface area contributed by atoms with E-state index in [-0.39, 0.29) is 22.8 Å². The van der Waals surface area contributed by atoms with Crippen LogP contribution in [0.3, 0.4) is 0 Å². The number of hydrogen-bond acceptors (Lipinski definition) is 5. The zero-order valence-electron chi connectivity index (χ0n) is 14.0. The lowest BCUT2D eigenvalue weighted by atomic mass is 9.80. The van der Waals surface area contributed by atoms with Gasteiger partial charge in [0.15, 0.2) is 0 Å². The summed E-state index contributed by atoms with van der Waals surface area (Å²) < 4.78 is 28.3. The quantitative estimate of drug-likeness (QED) is 0.817. The minimum absolute atomic E-state index is 0.0155. The lowest BCUT2D eigenvalue weighted by Crippen LogP contribution is -2.55. The molecule has 3 rings (SSSR count). The highest BCUT2D eigenvalue weighted by atomic mass is 32.2. The monoisotopic (exact) mass is 368 g/mol. The van der Waals surface area contributed by atoms with Crippen molar-refractivity contribution in [3.8, 4) is 0 Å². The molecule has 3 unspecified atom stereocenters. The van der Waals surface area contributed by atoms with Crippen molar-refractivity contribution in [2.45, 2.75) is 42.7 Å². The van der Waals surface area contributed by atoms with Crippen LogP contribution in [0.2, 0.25) is 0 Å². The molecular weight excluding hydrogens is 344 g/mol. The second-order valence-corrected chi connectivity index (χ2v) is 8.29. The zero-order chi connectivity index (χ0) is 18.0. The van der Waals surface area contributed by atoms with Crippen molar-refractivity contribution in [2.24, 2.45) is 11.1 Å². The first kappa shape index (κ1) is 18.3. The molecule has 2 aliphatic rings.